The lowest BCUT2D eigenvalue weighted by Crippen LogP contribution is -2.48. The number of aliphatic hydroxyl groups excluding tert-OH is 1. The molecule has 0 saturated carbocycles. The van der Waals surface area contributed by atoms with Crippen LogP contribution in [-0.2, 0) is 6.54 Å². The van der Waals surface area contributed by atoms with Gasteiger partial charge in [-0.15, -0.1) is 0 Å². The van der Waals surface area contributed by atoms with Crippen molar-refractivity contribution in [3.63, 3.8) is 0 Å². The number of nitrogens with zero attached hydrogens (tertiary/aromatic N) is 5. The summed E-state index contributed by atoms with van der Waals surface area (Å²) in [6.07, 6.45) is 0.382. The Morgan fingerprint density at radius 3 is 2.40 bits per heavy atom. The first-order valence-corrected chi connectivity index (χ1v) is 15.9. The van der Waals surface area contributed by atoms with Crippen LogP contribution >= 0.6 is 27.5 Å². The van der Waals surface area contributed by atoms with Crippen molar-refractivity contribution in [2.45, 2.75) is 38.1 Å². The Hall–Kier alpha value is -2.97. The van der Waals surface area contributed by atoms with Crippen LogP contribution in [0.25, 0.3) is 0 Å². The number of halogens is 1. The Labute approximate surface area is 265 Å². The van der Waals surface area contributed by atoms with Gasteiger partial charge in [0, 0.05) is 72.9 Å². The smallest absolute Gasteiger partial charge is 0.254 e. The topological polar surface area (TPSA) is 113 Å². The van der Waals surface area contributed by atoms with Crippen LogP contribution in [-0.4, -0.2) is 108 Å². The number of β-amino-alcohol motifs (C(OH)–C–C–N with tert-alkyl or cyclic N) is 1. The zero-order valence-corrected chi connectivity index (χ0v) is 27.4. The first kappa shape index (κ1) is 31.5. The highest BCUT2D eigenvalue weighted by Crippen LogP contribution is 2.38. The number of carbonyl (C=O) groups is 1. The molecule has 2 aromatic carbocycles. The quantitative estimate of drug-likeness (QED) is 0.311. The maximum Gasteiger partial charge on any atom is 0.254 e. The van der Waals surface area contributed by atoms with E-state index >= 15 is 0 Å². The van der Waals surface area contributed by atoms with Crippen molar-refractivity contribution >= 4 is 38.5 Å². The van der Waals surface area contributed by atoms with Gasteiger partial charge in [0.25, 0.3) is 5.91 Å². The maximum atomic E-state index is 13.3. The number of hydrogen-bond acceptors (Lipinski definition) is 11. The lowest BCUT2D eigenvalue weighted by Gasteiger charge is -2.34. The SMILES string of the molecule is COc1cc(C(=O)N2CCN(Cc3nsc(NC[C@@H]4C[C@@H](O)CN4[C@@H](C)c4ccc(Br)cc4)n3)CC2)cc(OC)c1OC. The van der Waals surface area contributed by atoms with Gasteiger partial charge >= 0.3 is 0 Å². The fraction of sp³-hybridized carbons (Fsp3) is 0.500. The fourth-order valence-corrected chi connectivity index (χ4v) is 6.66. The molecular weight excluding hydrogens is 636 g/mol. The molecule has 1 aromatic heterocycles. The molecule has 13 heteroatoms. The Bertz CT molecular complexity index is 1360. The summed E-state index contributed by atoms with van der Waals surface area (Å²) in [5.74, 6) is 2.07. The Kier molecular flexibility index (Phi) is 10.4. The molecule has 0 unspecified atom stereocenters. The maximum absolute atomic E-state index is 13.3. The molecule has 2 aliphatic rings. The second kappa shape index (κ2) is 14.2. The number of benzene rings is 2. The van der Waals surface area contributed by atoms with Crippen molar-refractivity contribution in [3.05, 3.63) is 57.8 Å². The summed E-state index contributed by atoms with van der Waals surface area (Å²) < 4.78 is 21.8. The molecule has 0 bridgehead atoms. The van der Waals surface area contributed by atoms with Crippen molar-refractivity contribution in [2.75, 3.05) is 65.9 Å². The number of nitrogens with one attached hydrogen (secondary N) is 1. The first-order valence-electron chi connectivity index (χ1n) is 14.4. The molecule has 3 heterocycles. The molecule has 43 heavy (non-hydrogen) atoms. The number of hydrogen-bond donors (Lipinski definition) is 2. The average molecular weight is 676 g/mol. The van der Waals surface area contributed by atoms with Gasteiger partial charge in [-0.1, -0.05) is 28.1 Å². The zero-order valence-electron chi connectivity index (χ0n) is 25.0. The summed E-state index contributed by atoms with van der Waals surface area (Å²) >= 11 is 4.87. The van der Waals surface area contributed by atoms with Crippen LogP contribution in [0.4, 0.5) is 5.13 Å². The largest absolute Gasteiger partial charge is 0.493 e. The molecule has 232 valence electrons. The van der Waals surface area contributed by atoms with E-state index in [-0.39, 0.29) is 24.1 Å². The third-order valence-electron chi connectivity index (χ3n) is 8.18. The highest BCUT2D eigenvalue weighted by molar-refractivity contribution is 9.10. The summed E-state index contributed by atoms with van der Waals surface area (Å²) in [6, 6.07) is 12.1. The van der Waals surface area contributed by atoms with Gasteiger partial charge < -0.3 is 29.5 Å². The number of anilines is 1. The minimum atomic E-state index is -0.339. The Balaban J connectivity index is 1.12. The lowest BCUT2D eigenvalue weighted by atomic mass is 10.1. The molecule has 11 nitrogen and oxygen atoms in total. The molecule has 2 aliphatic heterocycles. The van der Waals surface area contributed by atoms with Gasteiger partial charge in [0.1, 0.15) is 0 Å². The summed E-state index contributed by atoms with van der Waals surface area (Å²) in [7, 11) is 4.62. The van der Waals surface area contributed by atoms with E-state index in [2.05, 4.69) is 66.6 Å². The molecule has 1 amide bonds. The van der Waals surface area contributed by atoms with Crippen molar-refractivity contribution < 1.29 is 24.1 Å². The third-order valence-corrected chi connectivity index (χ3v) is 9.42. The van der Waals surface area contributed by atoms with Gasteiger partial charge in [-0.25, -0.2) is 4.98 Å². The van der Waals surface area contributed by atoms with Crippen molar-refractivity contribution in [3.8, 4) is 17.2 Å². The second-order valence-corrected chi connectivity index (χ2v) is 12.5. The van der Waals surface area contributed by atoms with Gasteiger partial charge in [-0.3, -0.25) is 14.6 Å². The van der Waals surface area contributed by atoms with Crippen molar-refractivity contribution in [1.29, 1.82) is 0 Å². The number of amides is 1. The summed E-state index contributed by atoms with van der Waals surface area (Å²) in [4.78, 5) is 24.5. The van der Waals surface area contributed by atoms with Crippen LogP contribution in [0.15, 0.2) is 40.9 Å². The Morgan fingerprint density at radius 2 is 1.77 bits per heavy atom. The molecule has 0 aliphatic carbocycles. The third kappa shape index (κ3) is 7.40. The number of methoxy groups -OCH3 is 3. The van der Waals surface area contributed by atoms with E-state index in [1.54, 1.807) is 19.2 Å². The predicted molar refractivity (Wildman–Crippen MR) is 169 cm³/mol. The van der Waals surface area contributed by atoms with Crippen LogP contribution in [0.5, 0.6) is 17.2 Å². The summed E-state index contributed by atoms with van der Waals surface area (Å²) in [6.45, 7) is 6.80. The van der Waals surface area contributed by atoms with Gasteiger partial charge in [-0.2, -0.15) is 4.37 Å². The van der Waals surface area contributed by atoms with E-state index in [4.69, 9.17) is 19.2 Å². The molecular formula is C30H39BrN6O5S. The molecule has 2 N–H and O–H groups in total. The van der Waals surface area contributed by atoms with Gasteiger partial charge in [0.05, 0.1) is 34.0 Å². The van der Waals surface area contributed by atoms with E-state index in [9.17, 15) is 9.90 Å². The highest BCUT2D eigenvalue weighted by atomic mass is 79.9. The van der Waals surface area contributed by atoms with Gasteiger partial charge in [0.2, 0.25) is 10.9 Å². The predicted octanol–water partition coefficient (Wildman–Crippen LogP) is 3.89. The molecule has 2 fully saturated rings. The zero-order chi connectivity index (χ0) is 30.5. The van der Waals surface area contributed by atoms with E-state index in [0.717, 1.165) is 34.9 Å². The second-order valence-electron chi connectivity index (χ2n) is 10.8. The van der Waals surface area contributed by atoms with Gasteiger partial charge in [0.15, 0.2) is 17.3 Å². The van der Waals surface area contributed by atoms with Gasteiger partial charge in [-0.05, 0) is 43.2 Å². The minimum absolute atomic E-state index is 0.0716. The number of rotatable bonds is 11. The van der Waals surface area contributed by atoms with Crippen LogP contribution in [0.3, 0.4) is 0 Å². The van der Waals surface area contributed by atoms with Crippen LogP contribution in [0.1, 0.15) is 41.1 Å². The number of piperazine rings is 1. The molecule has 5 rings (SSSR count). The number of likely N-dealkylation sites (tertiary alicyclic amines) is 1. The summed E-state index contributed by atoms with van der Waals surface area (Å²) in [5, 5.41) is 14.7. The first-order chi connectivity index (χ1) is 20.8. The molecule has 3 atom stereocenters. The molecule has 3 aromatic rings. The monoisotopic (exact) mass is 674 g/mol. The number of aliphatic hydroxyl groups is 1. The lowest BCUT2D eigenvalue weighted by molar-refractivity contribution is 0.0625. The van der Waals surface area contributed by atoms with Crippen molar-refractivity contribution in [2.24, 2.45) is 0 Å². The highest BCUT2D eigenvalue weighted by Gasteiger charge is 2.34. The Morgan fingerprint density at radius 1 is 1.09 bits per heavy atom. The minimum Gasteiger partial charge on any atom is -0.493 e. The standard InChI is InChI=1S/C30H39BrN6O5S/c1-19(20-5-7-22(31)8-6-20)37-17-24(38)15-23(37)16-32-30-33-27(34-43-30)18-35-9-11-36(12-10-35)29(39)21-13-25(40-2)28(42-4)26(14-21)41-3/h5-8,13-14,19,23-24,38H,9-12,15-18H2,1-4H3,(H,32,33,34)/t19-,23-,24+/m0/s1. The van der Waals surface area contributed by atoms with E-state index in [1.165, 1.54) is 31.3 Å². The average Bonchev–Trinajstić information content (AvgIpc) is 3.64. The fourth-order valence-electron chi connectivity index (χ4n) is 5.82. The number of aromatic nitrogens is 2. The molecule has 0 radical (unpaired) electrons. The van der Waals surface area contributed by atoms with Crippen LogP contribution in [0, 0.1) is 0 Å². The molecule has 2 saturated heterocycles. The van der Waals surface area contributed by atoms with Crippen LogP contribution in [0.2, 0.25) is 0 Å². The van der Waals surface area contributed by atoms with Crippen LogP contribution < -0.4 is 19.5 Å². The molecule has 0 spiro atoms. The number of carbonyl (C=O) groups excluding carboxylic acids is 1. The van der Waals surface area contributed by atoms with E-state index in [0.29, 0.717) is 55.5 Å². The van der Waals surface area contributed by atoms with E-state index < -0.39 is 0 Å². The summed E-state index contributed by atoms with van der Waals surface area (Å²) in [5.41, 5.74) is 1.73. The van der Waals surface area contributed by atoms with E-state index in [1.807, 2.05) is 4.90 Å². The number of ether oxygens (including phenoxy) is 3. The normalized spacial score (nSPS) is 20.2. The van der Waals surface area contributed by atoms with Crippen molar-refractivity contribution in [1.82, 2.24) is 24.1 Å².